The number of nitrogens with zero attached hydrogens (tertiary/aromatic N) is 3. The smallest absolute Gasteiger partial charge is 0.253 e. The van der Waals surface area contributed by atoms with Gasteiger partial charge >= 0.3 is 0 Å². The molecule has 6 nitrogen and oxygen atoms in total. The Balaban J connectivity index is 1.40. The summed E-state index contributed by atoms with van der Waals surface area (Å²) in [5.74, 6) is 2.46. The van der Waals surface area contributed by atoms with Crippen molar-refractivity contribution >= 4 is 27.7 Å². The number of thioether (sulfide) groups is 1. The van der Waals surface area contributed by atoms with Gasteiger partial charge in [-0.2, -0.15) is 16.1 Å². The molecule has 3 fully saturated rings. The van der Waals surface area contributed by atoms with Crippen molar-refractivity contribution in [1.82, 2.24) is 14.1 Å². The van der Waals surface area contributed by atoms with Crippen LogP contribution in [0.25, 0.3) is 0 Å². The molecule has 0 spiro atoms. The van der Waals surface area contributed by atoms with Gasteiger partial charge in [0.05, 0.1) is 4.90 Å². The largest absolute Gasteiger partial charge is 0.337 e. The van der Waals surface area contributed by atoms with Crippen LogP contribution in [0.3, 0.4) is 0 Å². The first-order valence-corrected chi connectivity index (χ1v) is 12.9. The monoisotopic (exact) mass is 423 g/mol. The van der Waals surface area contributed by atoms with E-state index in [2.05, 4.69) is 4.90 Å². The summed E-state index contributed by atoms with van der Waals surface area (Å²) in [5.41, 5.74) is 0.574. The third-order valence-corrected chi connectivity index (χ3v) is 9.10. The molecule has 1 atom stereocenters. The Kier molecular flexibility index (Phi) is 6.30. The molecule has 0 bridgehead atoms. The number of hydrogen-bond donors (Lipinski definition) is 0. The predicted octanol–water partition coefficient (Wildman–Crippen LogP) is 2.12. The second kappa shape index (κ2) is 8.73. The number of sulfonamides is 1. The summed E-state index contributed by atoms with van der Waals surface area (Å²) in [7, 11) is -3.43. The Morgan fingerprint density at radius 1 is 0.929 bits per heavy atom. The van der Waals surface area contributed by atoms with Crippen LogP contribution >= 0.6 is 11.8 Å². The van der Waals surface area contributed by atoms with Crippen LogP contribution in [0.2, 0.25) is 0 Å². The third kappa shape index (κ3) is 4.25. The van der Waals surface area contributed by atoms with Gasteiger partial charge in [0, 0.05) is 56.6 Å². The molecule has 1 aromatic rings. The minimum atomic E-state index is -3.43. The molecule has 3 heterocycles. The SMILES string of the molecule is O=C(c1ccc(S(=O)(=O)N2CCCC2)cc1)N1CCCN(C2CCSC2)CC1. The third-order valence-electron chi connectivity index (χ3n) is 6.04. The summed E-state index contributed by atoms with van der Waals surface area (Å²) in [6.07, 6.45) is 4.09. The van der Waals surface area contributed by atoms with Gasteiger partial charge in [-0.15, -0.1) is 0 Å². The summed E-state index contributed by atoms with van der Waals surface area (Å²) in [5, 5.41) is 0. The zero-order valence-electron chi connectivity index (χ0n) is 16.3. The number of rotatable bonds is 4. The van der Waals surface area contributed by atoms with E-state index in [0.717, 1.165) is 45.4 Å². The summed E-state index contributed by atoms with van der Waals surface area (Å²) in [6, 6.07) is 7.17. The van der Waals surface area contributed by atoms with Gasteiger partial charge in [0.1, 0.15) is 0 Å². The van der Waals surface area contributed by atoms with Crippen molar-refractivity contribution in [2.24, 2.45) is 0 Å². The molecule has 0 aromatic heterocycles. The molecule has 0 saturated carbocycles. The molecular weight excluding hydrogens is 394 g/mol. The molecule has 3 saturated heterocycles. The van der Waals surface area contributed by atoms with Crippen LogP contribution in [0.1, 0.15) is 36.0 Å². The summed E-state index contributed by atoms with van der Waals surface area (Å²) < 4.78 is 26.8. The van der Waals surface area contributed by atoms with Gasteiger partial charge in [-0.05, 0) is 55.7 Å². The predicted molar refractivity (Wildman–Crippen MR) is 112 cm³/mol. The van der Waals surface area contributed by atoms with Crippen LogP contribution in [0.4, 0.5) is 0 Å². The fourth-order valence-corrected chi connectivity index (χ4v) is 7.12. The summed E-state index contributed by atoms with van der Waals surface area (Å²) in [4.78, 5) is 17.7. The van der Waals surface area contributed by atoms with E-state index in [-0.39, 0.29) is 10.8 Å². The van der Waals surface area contributed by atoms with E-state index in [1.165, 1.54) is 22.2 Å². The average molecular weight is 424 g/mol. The van der Waals surface area contributed by atoms with E-state index in [1.54, 1.807) is 24.3 Å². The van der Waals surface area contributed by atoms with Crippen LogP contribution < -0.4 is 0 Å². The molecule has 8 heteroatoms. The number of benzene rings is 1. The van der Waals surface area contributed by atoms with Crippen molar-refractivity contribution in [2.45, 2.75) is 36.6 Å². The van der Waals surface area contributed by atoms with Crippen LogP contribution in [0.15, 0.2) is 29.2 Å². The molecule has 0 radical (unpaired) electrons. The number of amides is 1. The molecule has 4 rings (SSSR count). The van der Waals surface area contributed by atoms with Crippen LogP contribution in [-0.4, -0.2) is 85.2 Å². The van der Waals surface area contributed by atoms with Gasteiger partial charge in [-0.3, -0.25) is 9.69 Å². The van der Waals surface area contributed by atoms with Crippen molar-refractivity contribution in [3.05, 3.63) is 29.8 Å². The Hall–Kier alpha value is -1.09. The fraction of sp³-hybridized carbons (Fsp3) is 0.650. The van der Waals surface area contributed by atoms with E-state index in [9.17, 15) is 13.2 Å². The maximum absolute atomic E-state index is 12.9. The zero-order chi connectivity index (χ0) is 19.6. The first kappa shape index (κ1) is 20.2. The minimum absolute atomic E-state index is 0.00719. The highest BCUT2D eigenvalue weighted by Crippen LogP contribution is 2.24. The van der Waals surface area contributed by atoms with Gasteiger partial charge in [-0.25, -0.2) is 8.42 Å². The van der Waals surface area contributed by atoms with E-state index < -0.39 is 10.0 Å². The molecule has 0 N–H and O–H groups in total. The molecule has 154 valence electrons. The summed E-state index contributed by atoms with van der Waals surface area (Å²) >= 11 is 2.02. The fourth-order valence-electron chi connectivity index (χ4n) is 4.35. The summed E-state index contributed by atoms with van der Waals surface area (Å²) in [6.45, 7) is 4.68. The van der Waals surface area contributed by atoms with E-state index in [1.807, 2.05) is 16.7 Å². The molecule has 1 amide bonds. The van der Waals surface area contributed by atoms with Gasteiger partial charge in [0.2, 0.25) is 10.0 Å². The highest BCUT2D eigenvalue weighted by molar-refractivity contribution is 7.99. The second-order valence-corrected chi connectivity index (χ2v) is 10.9. The Morgan fingerprint density at radius 3 is 2.36 bits per heavy atom. The van der Waals surface area contributed by atoms with E-state index in [4.69, 9.17) is 0 Å². The number of carbonyl (C=O) groups excluding carboxylic acids is 1. The standard InChI is InChI=1S/C20H29N3O3S2/c24-20(22-10-3-9-21(13-14-22)18-8-15-27-16-18)17-4-6-19(7-5-17)28(25,26)23-11-1-2-12-23/h4-7,18H,1-3,8-16H2. The van der Waals surface area contributed by atoms with Crippen LogP contribution in [0.5, 0.6) is 0 Å². The average Bonchev–Trinajstić information content (AvgIpc) is 3.39. The quantitative estimate of drug-likeness (QED) is 0.742. The van der Waals surface area contributed by atoms with Crippen molar-refractivity contribution in [3.8, 4) is 0 Å². The van der Waals surface area contributed by atoms with Gasteiger partial charge in [-0.1, -0.05) is 0 Å². The number of carbonyl (C=O) groups is 1. The molecule has 1 unspecified atom stereocenters. The highest BCUT2D eigenvalue weighted by Gasteiger charge is 2.29. The van der Waals surface area contributed by atoms with Crippen molar-refractivity contribution in [3.63, 3.8) is 0 Å². The minimum Gasteiger partial charge on any atom is -0.337 e. The number of hydrogen-bond acceptors (Lipinski definition) is 5. The first-order chi connectivity index (χ1) is 13.6. The first-order valence-electron chi connectivity index (χ1n) is 10.3. The molecule has 3 aliphatic heterocycles. The normalized spacial score (nSPS) is 25.1. The van der Waals surface area contributed by atoms with E-state index in [0.29, 0.717) is 24.7 Å². The second-order valence-electron chi connectivity index (χ2n) is 7.83. The Labute approximate surface area is 172 Å². The van der Waals surface area contributed by atoms with Crippen molar-refractivity contribution in [1.29, 1.82) is 0 Å². The molecule has 3 aliphatic rings. The van der Waals surface area contributed by atoms with Gasteiger partial charge in [0.25, 0.3) is 5.91 Å². The van der Waals surface area contributed by atoms with E-state index >= 15 is 0 Å². The molecule has 28 heavy (non-hydrogen) atoms. The maximum atomic E-state index is 12.9. The lowest BCUT2D eigenvalue weighted by Crippen LogP contribution is -2.39. The van der Waals surface area contributed by atoms with Crippen LogP contribution in [0, 0.1) is 0 Å². The highest BCUT2D eigenvalue weighted by atomic mass is 32.2. The molecule has 0 aliphatic carbocycles. The Bertz CT molecular complexity index is 785. The lowest BCUT2D eigenvalue weighted by molar-refractivity contribution is 0.0759. The van der Waals surface area contributed by atoms with Crippen LogP contribution in [-0.2, 0) is 10.0 Å². The maximum Gasteiger partial charge on any atom is 0.253 e. The molecule has 1 aromatic carbocycles. The lowest BCUT2D eigenvalue weighted by Gasteiger charge is -2.26. The zero-order valence-corrected chi connectivity index (χ0v) is 17.9. The molecular formula is C20H29N3O3S2. The van der Waals surface area contributed by atoms with Crippen molar-refractivity contribution in [2.75, 3.05) is 50.8 Å². The van der Waals surface area contributed by atoms with Gasteiger partial charge < -0.3 is 4.90 Å². The van der Waals surface area contributed by atoms with Gasteiger partial charge in [0.15, 0.2) is 0 Å². The topological polar surface area (TPSA) is 60.9 Å². The Morgan fingerprint density at radius 2 is 1.68 bits per heavy atom. The lowest BCUT2D eigenvalue weighted by atomic mass is 10.2. The van der Waals surface area contributed by atoms with Crippen molar-refractivity contribution < 1.29 is 13.2 Å².